The van der Waals surface area contributed by atoms with E-state index in [1.807, 2.05) is 13.0 Å². The molecule has 20 heavy (non-hydrogen) atoms. The lowest BCUT2D eigenvalue weighted by Crippen LogP contribution is -2.18. The summed E-state index contributed by atoms with van der Waals surface area (Å²) in [6.07, 6.45) is 3.51. The molecule has 0 fully saturated rings. The minimum Gasteiger partial charge on any atom is -0.282 e. The average Bonchev–Trinajstić information content (AvgIpc) is 2.42. The molecule has 0 aliphatic carbocycles. The minimum atomic E-state index is -3.41. The molecule has 2 aromatic rings. The van der Waals surface area contributed by atoms with Gasteiger partial charge >= 0.3 is 0 Å². The Morgan fingerprint density at radius 3 is 2.75 bits per heavy atom. The lowest BCUT2D eigenvalue weighted by atomic mass is 10.3. The Bertz CT molecular complexity index is 690. The van der Waals surface area contributed by atoms with Gasteiger partial charge in [-0.05, 0) is 46.6 Å². The summed E-state index contributed by atoms with van der Waals surface area (Å²) in [6, 6.07) is 7.17. The van der Waals surface area contributed by atoms with Gasteiger partial charge in [0.25, 0.3) is 0 Å². The summed E-state index contributed by atoms with van der Waals surface area (Å²) in [5, 5.41) is 0. The zero-order valence-electron chi connectivity index (χ0n) is 10.9. The van der Waals surface area contributed by atoms with Crippen molar-refractivity contribution < 1.29 is 8.42 Å². The first kappa shape index (κ1) is 14.9. The van der Waals surface area contributed by atoms with Crippen LogP contribution in [0.15, 0.2) is 41.3 Å². The summed E-state index contributed by atoms with van der Waals surface area (Å²) in [5.74, 6) is -0.0148. The molecule has 0 aliphatic heterocycles. The number of aryl methyl sites for hydroxylation is 2. The Labute approximate surface area is 126 Å². The number of sulfonamides is 1. The van der Waals surface area contributed by atoms with Gasteiger partial charge in [0.15, 0.2) is 0 Å². The van der Waals surface area contributed by atoms with Crippen molar-refractivity contribution in [2.24, 2.45) is 0 Å². The van der Waals surface area contributed by atoms with Gasteiger partial charge in [-0.1, -0.05) is 6.07 Å². The molecule has 0 spiro atoms. The normalized spacial score (nSPS) is 11.3. The molecule has 0 aliphatic rings. The van der Waals surface area contributed by atoms with Crippen molar-refractivity contribution in [3.8, 4) is 0 Å². The summed E-state index contributed by atoms with van der Waals surface area (Å²) in [4.78, 5) is 8.16. The minimum absolute atomic E-state index is 0.0148. The number of anilines is 1. The highest BCUT2D eigenvalue weighted by Crippen LogP contribution is 2.17. The van der Waals surface area contributed by atoms with Crippen LogP contribution >= 0.6 is 15.9 Å². The molecule has 0 saturated heterocycles. The largest absolute Gasteiger partial charge is 0.282 e. The van der Waals surface area contributed by atoms with Crippen LogP contribution in [0.1, 0.15) is 11.3 Å². The highest BCUT2D eigenvalue weighted by Gasteiger charge is 2.12. The van der Waals surface area contributed by atoms with Crippen LogP contribution in [-0.4, -0.2) is 24.1 Å². The van der Waals surface area contributed by atoms with E-state index in [9.17, 15) is 8.42 Å². The second-order valence-electron chi connectivity index (χ2n) is 4.32. The lowest BCUT2D eigenvalue weighted by molar-refractivity contribution is 0.600. The third-order valence-electron chi connectivity index (χ3n) is 2.64. The van der Waals surface area contributed by atoms with Crippen molar-refractivity contribution >= 4 is 31.6 Å². The number of pyridine rings is 2. The van der Waals surface area contributed by atoms with Crippen molar-refractivity contribution in [3.05, 3.63) is 52.5 Å². The summed E-state index contributed by atoms with van der Waals surface area (Å²) in [7, 11) is -3.41. The van der Waals surface area contributed by atoms with Crippen molar-refractivity contribution in [3.63, 3.8) is 0 Å². The first-order valence-electron chi connectivity index (χ1n) is 5.99. The molecule has 7 heteroatoms. The summed E-state index contributed by atoms with van der Waals surface area (Å²) >= 11 is 3.27. The molecule has 0 atom stereocenters. The molecule has 0 aromatic carbocycles. The zero-order valence-corrected chi connectivity index (χ0v) is 13.3. The van der Waals surface area contributed by atoms with E-state index in [-0.39, 0.29) is 5.75 Å². The molecule has 2 aromatic heterocycles. The fraction of sp³-hybridized carbons (Fsp3) is 0.231. The van der Waals surface area contributed by atoms with E-state index in [1.165, 1.54) is 6.20 Å². The molecular weight excluding hydrogens is 342 g/mol. The first-order chi connectivity index (χ1) is 9.46. The van der Waals surface area contributed by atoms with E-state index < -0.39 is 10.0 Å². The number of hydrogen-bond acceptors (Lipinski definition) is 4. The predicted octanol–water partition coefficient (Wildman–Crippen LogP) is 2.53. The summed E-state index contributed by atoms with van der Waals surface area (Å²) in [5.41, 5.74) is 2.09. The molecular formula is C13H14BrN3O2S. The fourth-order valence-corrected chi connectivity index (χ4v) is 2.90. The van der Waals surface area contributed by atoms with Crippen molar-refractivity contribution in [1.82, 2.24) is 9.97 Å². The Hall–Kier alpha value is -1.47. The van der Waals surface area contributed by atoms with E-state index in [2.05, 4.69) is 30.6 Å². The van der Waals surface area contributed by atoms with Crippen LogP contribution in [0.3, 0.4) is 0 Å². The van der Waals surface area contributed by atoms with Gasteiger partial charge in [0.1, 0.15) is 4.60 Å². The van der Waals surface area contributed by atoms with E-state index in [0.29, 0.717) is 16.7 Å². The van der Waals surface area contributed by atoms with Gasteiger partial charge in [0, 0.05) is 18.3 Å². The fourth-order valence-electron chi connectivity index (χ4n) is 1.63. The van der Waals surface area contributed by atoms with E-state index in [0.717, 1.165) is 11.3 Å². The predicted molar refractivity (Wildman–Crippen MR) is 82.0 cm³/mol. The molecule has 2 rings (SSSR count). The Morgan fingerprint density at radius 2 is 2.10 bits per heavy atom. The molecule has 0 unspecified atom stereocenters. The number of halogens is 1. The standard InChI is InChI=1S/C13H14BrN3O2S/c1-10-8-12(9-16-13(10)14)17-20(18,19)7-5-11-4-2-3-6-15-11/h2-4,6,8-9,17H,5,7H2,1H3. The van der Waals surface area contributed by atoms with Crippen LogP contribution in [0.2, 0.25) is 0 Å². The molecule has 0 bridgehead atoms. The van der Waals surface area contributed by atoms with Gasteiger partial charge in [0.2, 0.25) is 10.0 Å². The number of rotatable bonds is 5. The van der Waals surface area contributed by atoms with Crippen LogP contribution in [0.25, 0.3) is 0 Å². The Morgan fingerprint density at radius 1 is 1.30 bits per heavy atom. The van der Waals surface area contributed by atoms with E-state index >= 15 is 0 Å². The highest BCUT2D eigenvalue weighted by molar-refractivity contribution is 9.10. The molecule has 1 N–H and O–H groups in total. The number of nitrogens with zero attached hydrogens (tertiary/aromatic N) is 2. The zero-order chi connectivity index (χ0) is 14.6. The third kappa shape index (κ3) is 4.28. The Kier molecular flexibility index (Phi) is 4.72. The average molecular weight is 356 g/mol. The van der Waals surface area contributed by atoms with Gasteiger partial charge in [-0.3, -0.25) is 9.71 Å². The summed E-state index contributed by atoms with van der Waals surface area (Å²) < 4.78 is 27.2. The lowest BCUT2D eigenvalue weighted by Gasteiger charge is -2.08. The Balaban J connectivity index is 2.02. The van der Waals surface area contributed by atoms with E-state index in [4.69, 9.17) is 0 Å². The monoisotopic (exact) mass is 355 g/mol. The maximum absolute atomic E-state index is 12.0. The quantitative estimate of drug-likeness (QED) is 0.836. The number of hydrogen-bond donors (Lipinski definition) is 1. The van der Waals surface area contributed by atoms with E-state index in [1.54, 1.807) is 24.4 Å². The molecule has 0 radical (unpaired) electrons. The molecule has 106 valence electrons. The topological polar surface area (TPSA) is 72.0 Å². The van der Waals surface area contributed by atoms with Crippen molar-refractivity contribution in [2.75, 3.05) is 10.5 Å². The third-order valence-corrected chi connectivity index (χ3v) is 4.76. The van der Waals surface area contributed by atoms with Gasteiger partial charge in [-0.15, -0.1) is 0 Å². The molecule has 0 saturated carbocycles. The first-order valence-corrected chi connectivity index (χ1v) is 8.43. The maximum Gasteiger partial charge on any atom is 0.233 e. The van der Waals surface area contributed by atoms with Crippen LogP contribution in [-0.2, 0) is 16.4 Å². The van der Waals surface area contributed by atoms with Crippen LogP contribution in [0.5, 0.6) is 0 Å². The maximum atomic E-state index is 12.0. The van der Waals surface area contributed by atoms with Crippen molar-refractivity contribution in [2.45, 2.75) is 13.3 Å². The van der Waals surface area contributed by atoms with Gasteiger partial charge in [0.05, 0.1) is 17.6 Å². The molecule has 2 heterocycles. The molecule has 0 amide bonds. The second kappa shape index (κ2) is 6.32. The second-order valence-corrected chi connectivity index (χ2v) is 6.92. The number of nitrogens with one attached hydrogen (secondary N) is 1. The summed E-state index contributed by atoms with van der Waals surface area (Å²) in [6.45, 7) is 1.85. The van der Waals surface area contributed by atoms with Crippen LogP contribution in [0.4, 0.5) is 5.69 Å². The van der Waals surface area contributed by atoms with Crippen LogP contribution < -0.4 is 4.72 Å². The van der Waals surface area contributed by atoms with Crippen LogP contribution in [0, 0.1) is 6.92 Å². The van der Waals surface area contributed by atoms with Gasteiger partial charge in [-0.25, -0.2) is 13.4 Å². The smallest absolute Gasteiger partial charge is 0.233 e. The molecule has 5 nitrogen and oxygen atoms in total. The van der Waals surface area contributed by atoms with Gasteiger partial charge in [-0.2, -0.15) is 0 Å². The highest BCUT2D eigenvalue weighted by atomic mass is 79.9. The van der Waals surface area contributed by atoms with Gasteiger partial charge < -0.3 is 0 Å². The van der Waals surface area contributed by atoms with Crippen molar-refractivity contribution in [1.29, 1.82) is 0 Å². The SMILES string of the molecule is Cc1cc(NS(=O)(=O)CCc2ccccn2)cnc1Br. The number of aromatic nitrogens is 2.